The fraction of sp³-hybridized carbons (Fsp3) is 0.458. The summed E-state index contributed by atoms with van der Waals surface area (Å²) in [6.45, 7) is 6.57. The number of methoxy groups -OCH3 is 1. The summed E-state index contributed by atoms with van der Waals surface area (Å²) in [4.78, 5) is 20.5. The molecule has 0 N–H and O–H groups in total. The Bertz CT molecular complexity index is 1010. The molecule has 8 nitrogen and oxygen atoms in total. The zero-order valence-corrected chi connectivity index (χ0v) is 20.0. The van der Waals surface area contributed by atoms with Crippen LogP contribution in [-0.2, 0) is 0 Å². The van der Waals surface area contributed by atoms with E-state index in [1.165, 1.54) is 11.9 Å². The molecule has 3 aliphatic rings. The number of urea groups is 1. The van der Waals surface area contributed by atoms with Crippen LogP contribution in [-0.4, -0.2) is 81.9 Å². The first-order chi connectivity index (χ1) is 16.1. The molecule has 0 bridgehead atoms. The maximum atomic E-state index is 13.0. The molecule has 0 radical (unpaired) electrons. The fourth-order valence-electron chi connectivity index (χ4n) is 4.42. The largest absolute Gasteiger partial charge is 0.495 e. The van der Waals surface area contributed by atoms with Gasteiger partial charge in [0.2, 0.25) is 0 Å². The number of anilines is 2. The second kappa shape index (κ2) is 9.61. The maximum absolute atomic E-state index is 13.0. The minimum Gasteiger partial charge on any atom is -0.495 e. The summed E-state index contributed by atoms with van der Waals surface area (Å²) in [6, 6.07) is 12.1. The number of amides is 2. The number of ether oxygens (including phenoxy) is 3. The van der Waals surface area contributed by atoms with Crippen LogP contribution in [0.4, 0.5) is 16.2 Å². The van der Waals surface area contributed by atoms with Crippen LogP contribution in [0.2, 0.25) is 0 Å². The highest BCUT2D eigenvalue weighted by molar-refractivity contribution is 7.97. The minimum atomic E-state index is -0.00496. The molecule has 0 saturated carbocycles. The number of hydrogen-bond donors (Lipinski definition) is 0. The average molecular weight is 471 g/mol. The smallest absolute Gasteiger partial charge is 0.334 e. The summed E-state index contributed by atoms with van der Waals surface area (Å²) in [6.07, 6.45) is 0.859. The van der Waals surface area contributed by atoms with Gasteiger partial charge in [-0.2, -0.15) is 0 Å². The van der Waals surface area contributed by atoms with Gasteiger partial charge in [-0.3, -0.25) is 14.1 Å². The average Bonchev–Trinajstić information content (AvgIpc) is 3.09. The van der Waals surface area contributed by atoms with Crippen LogP contribution in [0.1, 0.15) is 6.42 Å². The first kappa shape index (κ1) is 22.0. The molecule has 0 aliphatic carbocycles. The molecular weight excluding hydrogens is 440 g/mol. The molecule has 9 heteroatoms. The summed E-state index contributed by atoms with van der Waals surface area (Å²) in [7, 11) is 3.54. The van der Waals surface area contributed by atoms with Gasteiger partial charge < -0.3 is 19.1 Å². The first-order valence-corrected chi connectivity index (χ1v) is 12.2. The van der Waals surface area contributed by atoms with Gasteiger partial charge in [0, 0.05) is 64.9 Å². The topological polar surface area (TPSA) is 57.7 Å². The molecular formula is C24H30N4O4S. The third-order valence-electron chi connectivity index (χ3n) is 6.32. The molecule has 0 atom stereocenters. The maximum Gasteiger partial charge on any atom is 0.334 e. The highest BCUT2D eigenvalue weighted by Gasteiger charge is 2.31. The molecule has 2 aromatic carbocycles. The Hall–Kier alpha value is -2.78. The lowest BCUT2D eigenvalue weighted by Crippen LogP contribution is -2.49. The van der Waals surface area contributed by atoms with E-state index in [-0.39, 0.29) is 6.03 Å². The van der Waals surface area contributed by atoms with Crippen LogP contribution in [0, 0.1) is 0 Å². The van der Waals surface area contributed by atoms with Crippen LogP contribution < -0.4 is 24.0 Å². The summed E-state index contributed by atoms with van der Waals surface area (Å²) in [5.41, 5.74) is 2.01. The van der Waals surface area contributed by atoms with Crippen molar-refractivity contribution in [1.82, 2.24) is 9.21 Å². The monoisotopic (exact) mass is 470 g/mol. The van der Waals surface area contributed by atoms with Gasteiger partial charge in [0.05, 0.1) is 36.6 Å². The number of hydrogen-bond acceptors (Lipinski definition) is 7. The molecule has 3 heterocycles. The number of nitrogens with zero attached hydrogens (tertiary/aromatic N) is 4. The van der Waals surface area contributed by atoms with Crippen LogP contribution in [0.3, 0.4) is 0 Å². The molecule has 3 aliphatic heterocycles. The van der Waals surface area contributed by atoms with Gasteiger partial charge >= 0.3 is 6.03 Å². The van der Waals surface area contributed by atoms with Gasteiger partial charge in [0.1, 0.15) is 5.75 Å². The Balaban J connectivity index is 1.20. The molecule has 0 spiro atoms. The highest BCUT2D eigenvalue weighted by Crippen LogP contribution is 2.45. The summed E-state index contributed by atoms with van der Waals surface area (Å²) >= 11 is 1.49. The third-order valence-corrected chi connectivity index (χ3v) is 7.40. The Morgan fingerprint density at radius 2 is 1.70 bits per heavy atom. The second-order valence-electron chi connectivity index (χ2n) is 8.35. The Morgan fingerprint density at radius 1 is 0.970 bits per heavy atom. The molecule has 1 saturated heterocycles. The van der Waals surface area contributed by atoms with Gasteiger partial charge in [-0.25, -0.2) is 4.79 Å². The molecule has 176 valence electrons. The molecule has 0 unspecified atom stereocenters. The lowest BCUT2D eigenvalue weighted by molar-refractivity contribution is 0.217. The third kappa shape index (κ3) is 4.52. The van der Waals surface area contributed by atoms with E-state index < -0.39 is 0 Å². The van der Waals surface area contributed by atoms with Crippen molar-refractivity contribution in [3.05, 3.63) is 36.4 Å². The number of piperazine rings is 1. The standard InChI is InChI=1S/C24H30N4O4S/c1-25-19-16-21-22(32-15-5-14-31-21)17-23(19)33-28(24(25)29)13-10-26-8-11-27(12-9-26)18-6-3-4-7-20(18)30-2/h3-4,6-7,16-17H,5,8-15H2,1-2H3. The minimum absolute atomic E-state index is 0.00496. The van der Waals surface area contributed by atoms with Crippen molar-refractivity contribution in [2.45, 2.75) is 11.3 Å². The summed E-state index contributed by atoms with van der Waals surface area (Å²) in [5.74, 6) is 2.39. The number of carbonyl (C=O) groups excluding carboxylic acids is 1. The van der Waals surface area contributed by atoms with Crippen molar-refractivity contribution in [2.75, 3.05) is 76.4 Å². The quantitative estimate of drug-likeness (QED) is 0.620. The second-order valence-corrected chi connectivity index (χ2v) is 9.42. The van der Waals surface area contributed by atoms with Crippen molar-refractivity contribution in [1.29, 1.82) is 0 Å². The molecule has 1 fully saturated rings. The number of para-hydroxylation sites is 2. The van der Waals surface area contributed by atoms with Crippen LogP contribution in [0.5, 0.6) is 17.2 Å². The number of benzene rings is 2. The van der Waals surface area contributed by atoms with Crippen molar-refractivity contribution in [2.24, 2.45) is 0 Å². The Kier molecular flexibility index (Phi) is 6.41. The van der Waals surface area contributed by atoms with Crippen molar-refractivity contribution in [3.8, 4) is 17.2 Å². The fourth-order valence-corrected chi connectivity index (χ4v) is 5.48. The predicted octanol–water partition coefficient (Wildman–Crippen LogP) is 3.56. The van der Waals surface area contributed by atoms with Gasteiger partial charge in [0.25, 0.3) is 0 Å². The lowest BCUT2D eigenvalue weighted by atomic mass is 10.2. The van der Waals surface area contributed by atoms with Crippen LogP contribution >= 0.6 is 11.9 Å². The van der Waals surface area contributed by atoms with E-state index in [0.717, 1.165) is 66.9 Å². The SMILES string of the molecule is COc1ccccc1N1CCN(CCN2Sc3cc4c(cc3N(C)C2=O)OCCCO4)CC1. The summed E-state index contributed by atoms with van der Waals surface area (Å²) < 4.78 is 19.0. The number of rotatable bonds is 5. The van der Waals surface area contributed by atoms with E-state index in [4.69, 9.17) is 14.2 Å². The van der Waals surface area contributed by atoms with E-state index >= 15 is 0 Å². The first-order valence-electron chi connectivity index (χ1n) is 11.4. The van der Waals surface area contributed by atoms with E-state index in [9.17, 15) is 4.79 Å². The predicted molar refractivity (Wildman–Crippen MR) is 130 cm³/mol. The van der Waals surface area contributed by atoms with E-state index in [1.54, 1.807) is 12.0 Å². The van der Waals surface area contributed by atoms with Gasteiger partial charge in [0.15, 0.2) is 11.5 Å². The molecule has 2 amide bonds. The Morgan fingerprint density at radius 3 is 2.45 bits per heavy atom. The van der Waals surface area contributed by atoms with Crippen LogP contribution in [0.15, 0.2) is 41.3 Å². The van der Waals surface area contributed by atoms with Gasteiger partial charge in [-0.05, 0) is 24.1 Å². The number of fused-ring (bicyclic) bond motifs is 2. The van der Waals surface area contributed by atoms with Gasteiger partial charge in [-0.1, -0.05) is 12.1 Å². The zero-order chi connectivity index (χ0) is 22.8. The molecule has 5 rings (SSSR count). The summed E-state index contributed by atoms with van der Waals surface area (Å²) in [5, 5.41) is 0. The molecule has 0 aromatic heterocycles. The van der Waals surface area contributed by atoms with Crippen LogP contribution in [0.25, 0.3) is 0 Å². The Labute approximate surface area is 199 Å². The highest BCUT2D eigenvalue weighted by atomic mass is 32.2. The van der Waals surface area contributed by atoms with E-state index in [2.05, 4.69) is 15.9 Å². The van der Waals surface area contributed by atoms with Gasteiger partial charge in [-0.15, -0.1) is 0 Å². The van der Waals surface area contributed by atoms with Crippen molar-refractivity contribution in [3.63, 3.8) is 0 Å². The normalized spacial score (nSPS) is 18.7. The molecule has 2 aromatic rings. The number of carbonyl (C=O) groups is 1. The van der Waals surface area contributed by atoms with E-state index in [0.29, 0.717) is 25.5 Å². The van der Waals surface area contributed by atoms with E-state index in [1.807, 2.05) is 41.7 Å². The zero-order valence-electron chi connectivity index (χ0n) is 19.2. The molecule has 33 heavy (non-hydrogen) atoms. The van der Waals surface area contributed by atoms with Crippen molar-refractivity contribution >= 4 is 29.4 Å². The lowest BCUT2D eigenvalue weighted by Gasteiger charge is -2.38. The van der Waals surface area contributed by atoms with Crippen molar-refractivity contribution < 1.29 is 19.0 Å².